The first-order valence-corrected chi connectivity index (χ1v) is 27.7. The highest BCUT2D eigenvalue weighted by molar-refractivity contribution is 7.98. The van der Waals surface area contributed by atoms with E-state index < -0.39 is 108 Å². The van der Waals surface area contributed by atoms with Crippen LogP contribution in [0.4, 0.5) is 4.79 Å². The third-order valence-electron chi connectivity index (χ3n) is 12.3. The van der Waals surface area contributed by atoms with Gasteiger partial charge in [-0.1, -0.05) is 92.7 Å². The number of esters is 1. The number of nitrogens with one attached hydrogen (secondary N) is 8. The largest absolute Gasteiger partial charge is 0.467 e. The first-order valence-electron chi connectivity index (χ1n) is 26.3. The first kappa shape index (κ1) is 64.4. The summed E-state index contributed by atoms with van der Waals surface area (Å²) in [6.45, 7) is 8.56. The molecule has 3 aromatic carbocycles. The molecule has 4 rings (SSSR count). The molecule has 7 atom stereocenters. The minimum absolute atomic E-state index is 0.0339. The number of hydrogen-bond donors (Lipinski definition) is 11. The van der Waals surface area contributed by atoms with Crippen LogP contribution < -0.4 is 54.4 Å². The van der Waals surface area contributed by atoms with Crippen LogP contribution in [0, 0.1) is 5.92 Å². The number of methoxy groups -OCH3 is 1. The molecule has 0 spiro atoms. The summed E-state index contributed by atoms with van der Waals surface area (Å²) in [6, 6.07) is 15.6. The number of thioether (sulfide) groups is 1. The van der Waals surface area contributed by atoms with Gasteiger partial charge in [0.1, 0.15) is 47.9 Å². The van der Waals surface area contributed by atoms with Crippen molar-refractivity contribution in [2.75, 3.05) is 25.7 Å². The molecule has 80 heavy (non-hydrogen) atoms. The van der Waals surface area contributed by atoms with Crippen molar-refractivity contribution in [2.24, 2.45) is 28.1 Å². The minimum Gasteiger partial charge on any atom is -0.467 e. The number of aromatic amines is 1. The molecule has 0 saturated heterocycles. The van der Waals surface area contributed by atoms with Crippen molar-refractivity contribution in [3.05, 3.63) is 108 Å². The lowest BCUT2D eigenvalue weighted by Crippen LogP contribution is -2.61. The zero-order chi connectivity index (χ0) is 58.9. The molecule has 1 aromatic heterocycles. The first-order chi connectivity index (χ1) is 38.0. The number of para-hydroxylation sites is 1. The summed E-state index contributed by atoms with van der Waals surface area (Å²) < 4.78 is 10.3. The lowest BCUT2D eigenvalue weighted by molar-refractivity contribution is -0.145. The highest BCUT2D eigenvalue weighted by Gasteiger charge is 2.36. The lowest BCUT2D eigenvalue weighted by atomic mass is 9.99. The Bertz CT molecular complexity index is 2750. The number of alkyl carbamates (subject to hydrolysis) is 1. The van der Waals surface area contributed by atoms with E-state index in [0.29, 0.717) is 22.4 Å². The van der Waals surface area contributed by atoms with E-state index in [9.17, 15) is 43.2 Å². The molecule has 8 amide bonds. The Morgan fingerprint density at radius 3 is 1.59 bits per heavy atom. The van der Waals surface area contributed by atoms with Crippen LogP contribution in [0.5, 0.6) is 0 Å². The Morgan fingerprint density at radius 2 is 1.07 bits per heavy atom. The van der Waals surface area contributed by atoms with Gasteiger partial charge in [-0.25, -0.2) is 9.59 Å². The van der Waals surface area contributed by atoms with Gasteiger partial charge in [-0.05, 0) is 87.1 Å². The number of guanidine groups is 1. The maximum absolute atomic E-state index is 15.0. The van der Waals surface area contributed by atoms with Crippen LogP contribution in [0.25, 0.3) is 10.9 Å². The van der Waals surface area contributed by atoms with E-state index in [-0.39, 0.29) is 63.4 Å². The topological polar surface area (TPSA) is 363 Å². The smallest absolute Gasteiger partial charge is 0.408 e. The van der Waals surface area contributed by atoms with Crippen LogP contribution in [0.15, 0.2) is 96.1 Å². The molecule has 24 heteroatoms. The molecule has 434 valence electrons. The number of ether oxygens (including phenoxy) is 2. The van der Waals surface area contributed by atoms with Crippen molar-refractivity contribution in [2.45, 2.75) is 134 Å². The second-order valence-corrected chi connectivity index (χ2v) is 21.5. The molecule has 4 aromatic rings. The van der Waals surface area contributed by atoms with Gasteiger partial charge in [-0.2, -0.15) is 11.8 Å². The van der Waals surface area contributed by atoms with E-state index in [1.165, 1.54) is 18.9 Å². The number of hydrogen-bond acceptors (Lipinski definition) is 13. The van der Waals surface area contributed by atoms with Gasteiger partial charge < -0.3 is 68.9 Å². The molecule has 1 heterocycles. The minimum atomic E-state index is -1.58. The van der Waals surface area contributed by atoms with Gasteiger partial charge in [0, 0.05) is 42.9 Å². The van der Waals surface area contributed by atoms with Gasteiger partial charge in [-0.3, -0.25) is 38.6 Å². The SMILES string of the molecule is COC(=O)[C@H](CCSC)NC(=O)[C@H](CC(C)C)NC(=O)[C@@H](Cc1c[nH]c2ccccc12)NC(=O)[C@H](Cc1ccccc1)NC(=O)[C@@H](Cc1ccccc1)NC(=O)[C@H](CCCN=C(N)N)NC(=O)[C@H](CC(N)=O)NC(=O)OC(C)(C)C. The number of H-pyrrole nitrogens is 1. The number of nitrogens with zero attached hydrogens (tertiary/aromatic N) is 1. The number of nitrogens with two attached hydrogens (primary N) is 3. The molecule has 0 aliphatic rings. The second-order valence-electron chi connectivity index (χ2n) is 20.6. The Balaban J connectivity index is 1.73. The quantitative estimate of drug-likeness (QED) is 0.0149. The summed E-state index contributed by atoms with van der Waals surface area (Å²) in [5, 5.41) is 19.7. The van der Waals surface area contributed by atoms with Crippen LogP contribution in [0.2, 0.25) is 0 Å². The molecule has 0 aliphatic heterocycles. The monoisotopic (exact) mass is 1130 g/mol. The van der Waals surface area contributed by atoms with E-state index in [4.69, 9.17) is 26.7 Å². The fraction of sp³-hybridized carbons (Fsp3) is 0.464. The molecule has 0 fully saturated rings. The van der Waals surface area contributed by atoms with Crippen molar-refractivity contribution in [1.29, 1.82) is 0 Å². The molecule has 0 aliphatic carbocycles. The Hall–Kier alpha value is -8.15. The summed E-state index contributed by atoms with van der Waals surface area (Å²) in [5.74, 6) is -6.18. The fourth-order valence-electron chi connectivity index (χ4n) is 8.44. The molecule has 0 saturated carbocycles. The number of carbonyl (C=O) groups is 9. The van der Waals surface area contributed by atoms with Gasteiger partial charge in [0.05, 0.1) is 13.5 Å². The van der Waals surface area contributed by atoms with Crippen LogP contribution in [0.1, 0.15) is 83.4 Å². The van der Waals surface area contributed by atoms with Crippen LogP contribution in [0.3, 0.4) is 0 Å². The normalized spacial score (nSPS) is 13.8. The predicted octanol–water partition coefficient (Wildman–Crippen LogP) is 1.90. The van der Waals surface area contributed by atoms with Crippen molar-refractivity contribution in [3.63, 3.8) is 0 Å². The molecule has 23 nitrogen and oxygen atoms in total. The summed E-state index contributed by atoms with van der Waals surface area (Å²) in [7, 11) is 1.22. The number of aromatic nitrogens is 1. The average molecular weight is 1130 g/mol. The van der Waals surface area contributed by atoms with E-state index in [2.05, 4.69) is 47.2 Å². The molecule has 0 radical (unpaired) electrons. The van der Waals surface area contributed by atoms with E-state index in [0.717, 1.165) is 10.9 Å². The number of amides is 8. The Kier molecular flexibility index (Phi) is 25.8. The number of rotatable bonds is 31. The number of benzene rings is 3. The van der Waals surface area contributed by atoms with Crippen molar-refractivity contribution < 1.29 is 52.6 Å². The van der Waals surface area contributed by atoms with Gasteiger partial charge in [0.15, 0.2) is 5.96 Å². The summed E-state index contributed by atoms with van der Waals surface area (Å²) >= 11 is 1.48. The van der Waals surface area contributed by atoms with Crippen molar-refractivity contribution in [1.82, 2.24) is 42.2 Å². The summed E-state index contributed by atoms with van der Waals surface area (Å²) in [5.41, 5.74) is 18.2. The van der Waals surface area contributed by atoms with E-state index in [1.54, 1.807) is 87.6 Å². The van der Waals surface area contributed by atoms with Gasteiger partial charge >= 0.3 is 12.1 Å². The Morgan fingerprint density at radius 1 is 0.600 bits per heavy atom. The molecule has 0 unspecified atom stereocenters. The summed E-state index contributed by atoms with van der Waals surface area (Å²) in [4.78, 5) is 132. The fourth-order valence-corrected chi connectivity index (χ4v) is 8.92. The zero-order valence-electron chi connectivity index (χ0n) is 46.4. The van der Waals surface area contributed by atoms with Gasteiger partial charge in [-0.15, -0.1) is 0 Å². The standard InChI is InChI=1S/C56H78N12O11S/c1-33(2)27-41(48(71)63-40(24-26-80-7)53(76)78-6)64-51(74)44(30-36-32-61-38-22-15-14-21-37(36)38)67-50(73)43(29-35-19-12-9-13-20-35)66-49(72)42(28-34-17-10-8-11-18-34)65-47(70)39(23-16-25-60-54(58)59)62-52(75)45(31-46(57)69)68-55(77)79-56(3,4)5/h8-15,17-22,32-33,39-45,61H,16,23-31H2,1-7H3,(H2,57,69)(H,62,75)(H,63,71)(H,64,74)(H,65,70)(H,66,72)(H,67,73)(H,68,77)(H4,58,59,60)/t39-,40-,41-,42+,43-,44+,45-/m0/s1. The Labute approximate surface area is 470 Å². The molecule has 14 N–H and O–H groups in total. The number of aliphatic imine (C=N–C) groups is 1. The maximum atomic E-state index is 15.0. The molecular formula is C56H78N12O11S. The van der Waals surface area contributed by atoms with Crippen LogP contribution in [-0.4, -0.2) is 138 Å². The molecule has 0 bridgehead atoms. The number of primary amides is 1. The number of carbonyl (C=O) groups excluding carboxylic acids is 9. The summed E-state index contributed by atoms with van der Waals surface area (Å²) in [6.07, 6.45) is 2.08. The van der Waals surface area contributed by atoms with Crippen LogP contribution >= 0.6 is 11.8 Å². The zero-order valence-corrected chi connectivity index (χ0v) is 47.2. The maximum Gasteiger partial charge on any atom is 0.408 e. The van der Waals surface area contributed by atoms with Gasteiger partial charge in [0.2, 0.25) is 41.4 Å². The van der Waals surface area contributed by atoms with Crippen molar-refractivity contribution >= 4 is 82.0 Å². The van der Waals surface area contributed by atoms with Gasteiger partial charge in [0.25, 0.3) is 0 Å². The average Bonchev–Trinajstić information content (AvgIpc) is 3.81. The van der Waals surface area contributed by atoms with E-state index in [1.807, 2.05) is 44.4 Å². The second kappa shape index (κ2) is 32.1. The highest BCUT2D eigenvalue weighted by atomic mass is 32.2. The third-order valence-corrected chi connectivity index (χ3v) is 13.0. The molecular weight excluding hydrogens is 1050 g/mol. The van der Waals surface area contributed by atoms with Crippen LogP contribution in [-0.2, 0) is 67.1 Å². The third kappa shape index (κ3) is 22.3. The predicted molar refractivity (Wildman–Crippen MR) is 305 cm³/mol. The van der Waals surface area contributed by atoms with E-state index >= 15 is 0 Å². The number of fused-ring (bicyclic) bond motifs is 1. The highest BCUT2D eigenvalue weighted by Crippen LogP contribution is 2.20. The van der Waals surface area contributed by atoms with Crippen molar-refractivity contribution in [3.8, 4) is 0 Å². The lowest BCUT2D eigenvalue weighted by Gasteiger charge is -2.28.